The van der Waals surface area contributed by atoms with Crippen LogP contribution in [0.4, 0.5) is 0 Å². The molecule has 0 N–H and O–H groups in total. The molecule has 0 saturated carbocycles. The minimum atomic E-state index is -0.152. The van der Waals surface area contributed by atoms with Gasteiger partial charge in [0.25, 0.3) is 0 Å². The SMILES string of the molecule is CC1(C)c2ccccc2-c2ccc3c(c21)c1ccccc1n3-c1nc(-c2ccccc2)nc(-c2ccc(-c3ccccc3)cc2)n1. The van der Waals surface area contributed by atoms with Gasteiger partial charge in [0.2, 0.25) is 5.95 Å². The van der Waals surface area contributed by atoms with E-state index in [9.17, 15) is 0 Å². The summed E-state index contributed by atoms with van der Waals surface area (Å²) >= 11 is 0. The molecule has 0 aliphatic heterocycles. The van der Waals surface area contributed by atoms with E-state index in [4.69, 9.17) is 15.0 Å². The average molecular weight is 591 g/mol. The number of para-hydroxylation sites is 1. The Bertz CT molecular complexity index is 2420. The highest BCUT2D eigenvalue weighted by atomic mass is 15.2. The highest BCUT2D eigenvalue weighted by Crippen LogP contribution is 2.53. The standard InChI is InChI=1S/C42H30N4/c1-42(2)34-19-11-9-17-31(34)32-25-26-36-37(38(32)42)33-18-10-12-20-35(33)46(36)41-44-39(29-15-7-4-8-16-29)43-40(45-41)30-23-21-28(22-24-30)27-13-5-3-6-14-27/h3-26H,1-2H3. The van der Waals surface area contributed by atoms with Crippen molar-refractivity contribution in [1.82, 2.24) is 19.5 Å². The molecule has 1 aliphatic rings. The molecule has 6 aromatic carbocycles. The number of hydrogen-bond donors (Lipinski definition) is 0. The quantitative estimate of drug-likeness (QED) is 0.205. The fourth-order valence-corrected chi connectivity index (χ4v) is 7.30. The Labute approximate surface area is 267 Å². The molecular formula is C42H30N4. The molecule has 0 spiro atoms. The Balaban J connectivity index is 1.30. The Kier molecular flexibility index (Phi) is 5.81. The first-order valence-electron chi connectivity index (χ1n) is 15.7. The molecule has 0 unspecified atom stereocenters. The van der Waals surface area contributed by atoms with Crippen LogP contribution >= 0.6 is 0 Å². The lowest BCUT2D eigenvalue weighted by molar-refractivity contribution is 0.666. The van der Waals surface area contributed by atoms with E-state index in [-0.39, 0.29) is 5.41 Å². The summed E-state index contributed by atoms with van der Waals surface area (Å²) in [5.41, 5.74) is 11.6. The van der Waals surface area contributed by atoms with Gasteiger partial charge >= 0.3 is 0 Å². The van der Waals surface area contributed by atoms with Crippen LogP contribution in [-0.4, -0.2) is 19.5 Å². The predicted molar refractivity (Wildman–Crippen MR) is 188 cm³/mol. The van der Waals surface area contributed by atoms with Crippen molar-refractivity contribution in [3.8, 4) is 51.0 Å². The van der Waals surface area contributed by atoms with E-state index in [1.165, 1.54) is 38.6 Å². The lowest BCUT2D eigenvalue weighted by Crippen LogP contribution is -2.15. The normalized spacial score (nSPS) is 13.2. The molecule has 46 heavy (non-hydrogen) atoms. The van der Waals surface area contributed by atoms with Crippen molar-refractivity contribution in [1.29, 1.82) is 0 Å². The van der Waals surface area contributed by atoms with Crippen LogP contribution in [0.25, 0.3) is 72.8 Å². The molecule has 0 bridgehead atoms. The number of nitrogens with zero attached hydrogens (tertiary/aromatic N) is 4. The maximum atomic E-state index is 5.18. The zero-order chi connectivity index (χ0) is 30.8. The lowest BCUT2D eigenvalue weighted by atomic mass is 9.80. The van der Waals surface area contributed by atoms with E-state index in [0.29, 0.717) is 17.6 Å². The van der Waals surface area contributed by atoms with Gasteiger partial charge in [-0.1, -0.05) is 147 Å². The highest BCUT2D eigenvalue weighted by molar-refractivity contribution is 6.14. The number of benzene rings is 6. The Hall–Kier alpha value is -5.87. The highest BCUT2D eigenvalue weighted by Gasteiger charge is 2.38. The molecule has 0 amide bonds. The van der Waals surface area contributed by atoms with E-state index in [1.807, 2.05) is 24.3 Å². The van der Waals surface area contributed by atoms with E-state index < -0.39 is 0 Å². The summed E-state index contributed by atoms with van der Waals surface area (Å²) in [6, 6.07) is 51.1. The van der Waals surface area contributed by atoms with Crippen molar-refractivity contribution in [3.05, 3.63) is 157 Å². The van der Waals surface area contributed by atoms with E-state index in [2.05, 4.69) is 140 Å². The summed E-state index contributed by atoms with van der Waals surface area (Å²) in [6.45, 7) is 4.69. The van der Waals surface area contributed by atoms with Gasteiger partial charge in [-0.15, -0.1) is 0 Å². The minimum Gasteiger partial charge on any atom is -0.278 e. The van der Waals surface area contributed by atoms with Crippen LogP contribution in [0.15, 0.2) is 146 Å². The molecule has 0 fully saturated rings. The molecule has 0 radical (unpaired) electrons. The maximum Gasteiger partial charge on any atom is 0.238 e. The molecule has 0 saturated heterocycles. The minimum absolute atomic E-state index is 0.152. The Morgan fingerprint density at radius 2 is 1.02 bits per heavy atom. The maximum absolute atomic E-state index is 5.18. The summed E-state index contributed by atoms with van der Waals surface area (Å²) in [5.74, 6) is 1.89. The Morgan fingerprint density at radius 3 is 1.76 bits per heavy atom. The van der Waals surface area contributed by atoms with E-state index >= 15 is 0 Å². The van der Waals surface area contributed by atoms with Gasteiger partial charge in [0.05, 0.1) is 11.0 Å². The molecule has 9 rings (SSSR count). The van der Waals surface area contributed by atoms with Crippen molar-refractivity contribution in [2.75, 3.05) is 0 Å². The number of rotatable bonds is 4. The van der Waals surface area contributed by atoms with Crippen molar-refractivity contribution >= 4 is 21.8 Å². The third-order valence-corrected chi connectivity index (χ3v) is 9.46. The van der Waals surface area contributed by atoms with E-state index in [0.717, 1.165) is 27.7 Å². The van der Waals surface area contributed by atoms with Crippen LogP contribution in [-0.2, 0) is 5.41 Å². The molecule has 0 atom stereocenters. The van der Waals surface area contributed by atoms with Gasteiger partial charge in [-0.2, -0.15) is 9.97 Å². The van der Waals surface area contributed by atoms with Gasteiger partial charge in [-0.3, -0.25) is 4.57 Å². The summed E-state index contributed by atoms with van der Waals surface area (Å²) in [4.78, 5) is 15.4. The van der Waals surface area contributed by atoms with Crippen LogP contribution in [0.3, 0.4) is 0 Å². The topological polar surface area (TPSA) is 43.6 Å². The fourth-order valence-electron chi connectivity index (χ4n) is 7.30. The van der Waals surface area contributed by atoms with Crippen LogP contribution < -0.4 is 0 Å². The van der Waals surface area contributed by atoms with Crippen molar-refractivity contribution in [3.63, 3.8) is 0 Å². The van der Waals surface area contributed by atoms with Crippen LogP contribution in [0, 0.1) is 0 Å². The van der Waals surface area contributed by atoms with Crippen molar-refractivity contribution in [2.45, 2.75) is 19.3 Å². The van der Waals surface area contributed by atoms with Gasteiger partial charge in [0.1, 0.15) is 0 Å². The van der Waals surface area contributed by atoms with Gasteiger partial charge in [0.15, 0.2) is 11.6 Å². The number of fused-ring (bicyclic) bond motifs is 7. The van der Waals surface area contributed by atoms with Gasteiger partial charge in [0, 0.05) is 27.3 Å². The summed E-state index contributed by atoms with van der Waals surface area (Å²) < 4.78 is 2.22. The van der Waals surface area contributed by atoms with Gasteiger partial charge in [-0.05, 0) is 45.5 Å². The van der Waals surface area contributed by atoms with Crippen molar-refractivity contribution in [2.24, 2.45) is 0 Å². The zero-order valence-corrected chi connectivity index (χ0v) is 25.6. The molecular weight excluding hydrogens is 560 g/mol. The summed E-state index contributed by atoms with van der Waals surface area (Å²) in [7, 11) is 0. The van der Waals surface area contributed by atoms with Gasteiger partial charge < -0.3 is 0 Å². The third-order valence-electron chi connectivity index (χ3n) is 9.46. The molecule has 218 valence electrons. The first-order chi connectivity index (χ1) is 22.6. The second-order valence-corrected chi connectivity index (χ2v) is 12.5. The molecule has 4 nitrogen and oxygen atoms in total. The first-order valence-corrected chi connectivity index (χ1v) is 15.7. The smallest absolute Gasteiger partial charge is 0.238 e. The van der Waals surface area contributed by atoms with Crippen molar-refractivity contribution < 1.29 is 0 Å². The van der Waals surface area contributed by atoms with Crippen LogP contribution in [0.1, 0.15) is 25.0 Å². The molecule has 2 heterocycles. The molecule has 1 aliphatic carbocycles. The average Bonchev–Trinajstić information content (AvgIpc) is 3.57. The zero-order valence-electron chi connectivity index (χ0n) is 25.6. The first kappa shape index (κ1) is 26.5. The van der Waals surface area contributed by atoms with E-state index in [1.54, 1.807) is 0 Å². The summed E-state index contributed by atoms with van der Waals surface area (Å²) in [6.07, 6.45) is 0. The number of hydrogen-bond acceptors (Lipinski definition) is 3. The second kappa shape index (κ2) is 10.1. The third kappa shape index (κ3) is 3.97. The monoisotopic (exact) mass is 590 g/mol. The van der Waals surface area contributed by atoms with Gasteiger partial charge in [-0.25, -0.2) is 4.98 Å². The molecule has 2 aromatic heterocycles. The van der Waals surface area contributed by atoms with Crippen LogP contribution in [0.2, 0.25) is 0 Å². The fraction of sp³-hybridized carbons (Fsp3) is 0.0714. The molecule has 4 heteroatoms. The predicted octanol–water partition coefficient (Wildman–Crippen LogP) is 10.3. The van der Waals surface area contributed by atoms with Crippen LogP contribution in [0.5, 0.6) is 0 Å². The molecule has 8 aromatic rings. The largest absolute Gasteiger partial charge is 0.278 e. The lowest BCUT2D eigenvalue weighted by Gasteiger charge is -2.22. The number of aromatic nitrogens is 4. The second-order valence-electron chi connectivity index (χ2n) is 12.5. The summed E-state index contributed by atoms with van der Waals surface area (Å²) in [5, 5.41) is 2.45. The Morgan fingerprint density at radius 1 is 0.457 bits per heavy atom.